The van der Waals surface area contributed by atoms with Gasteiger partial charge in [-0.1, -0.05) is 0 Å². The maximum Gasteiger partial charge on any atom is 0.151 e. The molecule has 1 saturated carbocycles. The summed E-state index contributed by atoms with van der Waals surface area (Å²) < 4.78 is 11.3. The summed E-state index contributed by atoms with van der Waals surface area (Å²) in [5.74, 6) is 3.50. The quantitative estimate of drug-likeness (QED) is 0.831. The predicted octanol–water partition coefficient (Wildman–Crippen LogP) is 2.39. The van der Waals surface area contributed by atoms with Crippen LogP contribution in [0, 0.1) is 11.8 Å². The Labute approximate surface area is 174 Å². The maximum atomic E-state index is 5.92. The van der Waals surface area contributed by atoms with Gasteiger partial charge in [-0.05, 0) is 63.5 Å². The zero-order chi connectivity index (χ0) is 19.8. The van der Waals surface area contributed by atoms with Gasteiger partial charge in [0, 0.05) is 44.9 Å². The van der Waals surface area contributed by atoms with Crippen molar-refractivity contribution in [2.45, 2.75) is 57.2 Å². The molecule has 0 amide bonds. The van der Waals surface area contributed by atoms with Crippen LogP contribution in [-0.2, 0) is 9.47 Å². The first-order valence-corrected chi connectivity index (χ1v) is 11.4. The van der Waals surface area contributed by atoms with E-state index in [1.807, 2.05) is 0 Å². The molecule has 4 heterocycles. The Morgan fingerprint density at radius 2 is 1.79 bits per heavy atom. The lowest BCUT2D eigenvalue weighted by atomic mass is 9.93. The lowest BCUT2D eigenvalue weighted by molar-refractivity contribution is -0.0811. The van der Waals surface area contributed by atoms with E-state index in [1.54, 1.807) is 0 Å². The molecule has 5 rings (SSSR count). The van der Waals surface area contributed by atoms with Crippen molar-refractivity contribution >= 4 is 11.6 Å². The van der Waals surface area contributed by atoms with Gasteiger partial charge in [0.2, 0.25) is 0 Å². The first-order chi connectivity index (χ1) is 14.1. The van der Waals surface area contributed by atoms with Crippen molar-refractivity contribution in [2.75, 3.05) is 56.2 Å². The highest BCUT2D eigenvalue weighted by Crippen LogP contribution is 2.41. The van der Waals surface area contributed by atoms with Crippen LogP contribution in [0.1, 0.15) is 39.5 Å². The number of aromatic nitrogens is 2. The lowest BCUT2D eigenvalue weighted by Gasteiger charge is -2.40. The number of anilines is 2. The largest absolute Gasteiger partial charge is 0.378 e. The number of rotatable bonds is 4. The van der Waals surface area contributed by atoms with E-state index in [4.69, 9.17) is 9.47 Å². The standard InChI is InChI=1S/C22H35N5O2/c1-22(2)13-19(5-8-29-22)27-14-16-11-18(12-17(16)15-27)23-20-3-4-21(25-24-20)26-6-9-28-10-7-26/h3-4,16-19H,5-15H2,1-2H3,(H,23,24)/t16-,17+,18?,19?. The molecule has 7 heteroatoms. The number of nitrogens with zero attached hydrogens (tertiary/aromatic N) is 4. The van der Waals surface area contributed by atoms with Crippen LogP contribution in [0.4, 0.5) is 11.6 Å². The number of morpholine rings is 1. The highest BCUT2D eigenvalue weighted by molar-refractivity contribution is 5.44. The van der Waals surface area contributed by atoms with E-state index >= 15 is 0 Å². The molecular formula is C22H35N5O2. The Morgan fingerprint density at radius 3 is 2.45 bits per heavy atom. The molecule has 29 heavy (non-hydrogen) atoms. The zero-order valence-electron chi connectivity index (χ0n) is 17.8. The van der Waals surface area contributed by atoms with Gasteiger partial charge in [0.15, 0.2) is 5.82 Å². The van der Waals surface area contributed by atoms with Crippen molar-refractivity contribution in [1.82, 2.24) is 15.1 Å². The highest BCUT2D eigenvalue weighted by atomic mass is 16.5. The number of hydrogen-bond donors (Lipinski definition) is 1. The third-order valence-corrected chi connectivity index (χ3v) is 7.30. The highest BCUT2D eigenvalue weighted by Gasteiger charge is 2.44. The fourth-order valence-electron chi connectivity index (χ4n) is 5.84. The maximum absolute atomic E-state index is 5.92. The van der Waals surface area contributed by atoms with Gasteiger partial charge in [-0.25, -0.2) is 0 Å². The summed E-state index contributed by atoms with van der Waals surface area (Å²) in [5.41, 5.74) is 0.0385. The molecule has 0 spiro atoms. The van der Waals surface area contributed by atoms with E-state index in [0.717, 1.165) is 56.4 Å². The van der Waals surface area contributed by atoms with E-state index in [9.17, 15) is 0 Å². The van der Waals surface area contributed by atoms with Gasteiger partial charge in [0.05, 0.1) is 18.8 Å². The number of likely N-dealkylation sites (tertiary alicyclic amines) is 1. The van der Waals surface area contributed by atoms with Gasteiger partial charge < -0.3 is 19.7 Å². The summed E-state index contributed by atoms with van der Waals surface area (Å²) in [5, 5.41) is 12.5. The Morgan fingerprint density at radius 1 is 1.03 bits per heavy atom. The number of fused-ring (bicyclic) bond motifs is 1. The van der Waals surface area contributed by atoms with Crippen LogP contribution < -0.4 is 10.2 Å². The molecule has 7 nitrogen and oxygen atoms in total. The van der Waals surface area contributed by atoms with Crippen molar-refractivity contribution in [3.8, 4) is 0 Å². The summed E-state index contributed by atoms with van der Waals surface area (Å²) in [4.78, 5) is 5.00. The topological polar surface area (TPSA) is 62.8 Å². The Kier molecular flexibility index (Phi) is 5.39. The SMILES string of the molecule is CC1(C)CC(N2C[C@H]3CC(Nc4ccc(N5CCOCC5)nn4)C[C@H]3C2)CCO1. The van der Waals surface area contributed by atoms with E-state index < -0.39 is 0 Å². The van der Waals surface area contributed by atoms with Gasteiger partial charge in [-0.3, -0.25) is 4.90 Å². The summed E-state index contributed by atoms with van der Waals surface area (Å²) in [6, 6.07) is 5.41. The second-order valence-corrected chi connectivity index (χ2v) is 9.92. The van der Waals surface area contributed by atoms with Crippen LogP contribution in [0.2, 0.25) is 0 Å². The van der Waals surface area contributed by atoms with Gasteiger partial charge in [-0.2, -0.15) is 0 Å². The second kappa shape index (κ2) is 8.00. The molecule has 4 fully saturated rings. The molecule has 2 unspecified atom stereocenters. The van der Waals surface area contributed by atoms with Gasteiger partial charge in [-0.15, -0.1) is 10.2 Å². The molecule has 1 aromatic heterocycles. The van der Waals surface area contributed by atoms with E-state index in [2.05, 4.69) is 51.3 Å². The Balaban J connectivity index is 1.12. The van der Waals surface area contributed by atoms with Crippen molar-refractivity contribution in [2.24, 2.45) is 11.8 Å². The molecule has 4 aliphatic rings. The minimum Gasteiger partial charge on any atom is -0.378 e. The predicted molar refractivity (Wildman–Crippen MR) is 113 cm³/mol. The average molecular weight is 402 g/mol. The van der Waals surface area contributed by atoms with Crippen molar-refractivity contribution in [3.63, 3.8) is 0 Å². The number of ether oxygens (including phenoxy) is 2. The van der Waals surface area contributed by atoms with Crippen LogP contribution in [-0.4, -0.2) is 78.8 Å². The van der Waals surface area contributed by atoms with Crippen molar-refractivity contribution < 1.29 is 9.47 Å². The lowest BCUT2D eigenvalue weighted by Crippen LogP contribution is -2.45. The Bertz CT molecular complexity index is 677. The van der Waals surface area contributed by atoms with Crippen LogP contribution in [0.25, 0.3) is 0 Å². The summed E-state index contributed by atoms with van der Waals surface area (Å²) in [7, 11) is 0. The van der Waals surface area contributed by atoms with Crippen molar-refractivity contribution in [1.29, 1.82) is 0 Å². The fourth-order valence-corrected chi connectivity index (χ4v) is 5.84. The normalized spacial score (nSPS) is 34.9. The molecule has 1 aromatic rings. The Hall–Kier alpha value is -1.44. The van der Waals surface area contributed by atoms with Crippen LogP contribution in [0.5, 0.6) is 0 Å². The molecule has 1 N–H and O–H groups in total. The first-order valence-electron chi connectivity index (χ1n) is 11.4. The summed E-state index contributed by atoms with van der Waals surface area (Å²) >= 11 is 0. The second-order valence-electron chi connectivity index (χ2n) is 9.92. The third-order valence-electron chi connectivity index (χ3n) is 7.30. The van der Waals surface area contributed by atoms with Crippen LogP contribution in [0.3, 0.4) is 0 Å². The van der Waals surface area contributed by atoms with Gasteiger partial charge >= 0.3 is 0 Å². The minimum atomic E-state index is 0.0385. The monoisotopic (exact) mass is 401 g/mol. The first kappa shape index (κ1) is 19.5. The molecule has 3 saturated heterocycles. The smallest absolute Gasteiger partial charge is 0.151 e. The van der Waals surface area contributed by atoms with E-state index in [0.29, 0.717) is 12.1 Å². The minimum absolute atomic E-state index is 0.0385. The average Bonchev–Trinajstić information content (AvgIpc) is 3.27. The van der Waals surface area contributed by atoms with Crippen molar-refractivity contribution in [3.05, 3.63) is 12.1 Å². The third kappa shape index (κ3) is 4.37. The number of hydrogen-bond acceptors (Lipinski definition) is 7. The molecule has 0 aromatic carbocycles. The molecule has 0 bridgehead atoms. The molecular weight excluding hydrogens is 366 g/mol. The molecule has 160 valence electrons. The van der Waals surface area contributed by atoms with Gasteiger partial charge in [0.25, 0.3) is 0 Å². The molecule has 1 aliphatic carbocycles. The number of nitrogens with one attached hydrogen (secondary N) is 1. The fraction of sp³-hybridized carbons (Fsp3) is 0.818. The van der Waals surface area contributed by atoms with Crippen LogP contribution >= 0.6 is 0 Å². The summed E-state index contributed by atoms with van der Waals surface area (Å²) in [6.45, 7) is 11.2. The molecule has 3 aliphatic heterocycles. The molecule has 0 radical (unpaired) electrons. The summed E-state index contributed by atoms with van der Waals surface area (Å²) in [6.07, 6.45) is 4.86. The van der Waals surface area contributed by atoms with E-state index in [-0.39, 0.29) is 5.60 Å². The van der Waals surface area contributed by atoms with Crippen LogP contribution in [0.15, 0.2) is 12.1 Å². The van der Waals surface area contributed by atoms with E-state index in [1.165, 1.54) is 38.8 Å². The molecule has 4 atom stereocenters. The van der Waals surface area contributed by atoms with Gasteiger partial charge in [0.1, 0.15) is 5.82 Å². The zero-order valence-corrected chi connectivity index (χ0v) is 17.8.